The van der Waals surface area contributed by atoms with Gasteiger partial charge in [0.1, 0.15) is 0 Å². The van der Waals surface area contributed by atoms with Crippen molar-refractivity contribution >= 4 is 6.03 Å². The van der Waals surface area contributed by atoms with Crippen molar-refractivity contribution in [2.24, 2.45) is 0 Å². The average Bonchev–Trinajstić information content (AvgIpc) is 2.57. The number of carbonyl (C=O) groups excluding carboxylic acids is 1. The Morgan fingerprint density at radius 1 is 0.783 bits per heavy atom. The van der Waals surface area contributed by atoms with Gasteiger partial charge in [0.25, 0.3) is 0 Å². The van der Waals surface area contributed by atoms with Crippen LogP contribution < -0.4 is 10.6 Å². The van der Waals surface area contributed by atoms with Gasteiger partial charge in [-0.25, -0.2) is 4.79 Å². The van der Waals surface area contributed by atoms with Crippen LogP contribution in [0.4, 0.5) is 4.79 Å². The molecule has 1 aliphatic carbocycles. The minimum absolute atomic E-state index is 0.0454. The van der Waals surface area contributed by atoms with Crippen LogP contribution in [0.3, 0.4) is 0 Å². The molecular weight excluding hydrogens is 284 g/mol. The Hall–Kier alpha value is -0.730. The van der Waals surface area contributed by atoms with Crippen LogP contribution in [0, 0.1) is 0 Å². The highest BCUT2D eigenvalue weighted by atomic mass is 16.2. The highest BCUT2D eigenvalue weighted by molar-refractivity contribution is 5.74. The number of amides is 2. The highest BCUT2D eigenvalue weighted by Crippen LogP contribution is 2.17. The summed E-state index contributed by atoms with van der Waals surface area (Å²) in [6, 6.07) is 0.463. The molecule has 1 aliphatic rings. The Bertz CT molecular complexity index is 275. The molecule has 0 heterocycles. The van der Waals surface area contributed by atoms with Gasteiger partial charge in [-0.3, -0.25) is 0 Å². The number of nitrogens with one attached hydrogen (secondary N) is 2. The minimum Gasteiger partial charge on any atom is -0.338 e. The van der Waals surface area contributed by atoms with Gasteiger partial charge in [0.15, 0.2) is 0 Å². The van der Waals surface area contributed by atoms with Crippen LogP contribution in [0.15, 0.2) is 0 Å². The molecule has 0 aromatic carbocycles. The molecule has 0 unspecified atom stereocenters. The maximum Gasteiger partial charge on any atom is 0.315 e. The zero-order valence-corrected chi connectivity index (χ0v) is 15.5. The normalized spacial score (nSPS) is 15.5. The van der Waals surface area contributed by atoms with Crippen LogP contribution in [0.5, 0.6) is 0 Å². The fourth-order valence-corrected chi connectivity index (χ4v) is 3.47. The van der Waals surface area contributed by atoms with E-state index < -0.39 is 0 Å². The summed E-state index contributed by atoms with van der Waals surface area (Å²) in [4.78, 5) is 11.8. The van der Waals surface area contributed by atoms with Gasteiger partial charge in [-0.1, -0.05) is 90.4 Å². The zero-order valence-electron chi connectivity index (χ0n) is 15.5. The third-order valence-electron chi connectivity index (χ3n) is 5.01. The third-order valence-corrected chi connectivity index (χ3v) is 5.01. The van der Waals surface area contributed by atoms with Gasteiger partial charge in [-0.2, -0.15) is 0 Å². The SMILES string of the molecule is CCCCCCCCCCCCCNC(=O)NC1CCCCC1. The van der Waals surface area contributed by atoms with Crippen molar-refractivity contribution in [2.75, 3.05) is 6.54 Å². The fraction of sp³-hybridized carbons (Fsp3) is 0.950. The summed E-state index contributed by atoms with van der Waals surface area (Å²) < 4.78 is 0. The van der Waals surface area contributed by atoms with E-state index in [9.17, 15) is 4.79 Å². The van der Waals surface area contributed by atoms with Gasteiger partial charge in [-0.05, 0) is 19.3 Å². The topological polar surface area (TPSA) is 41.1 Å². The number of hydrogen-bond acceptors (Lipinski definition) is 1. The molecule has 1 fully saturated rings. The second-order valence-corrected chi connectivity index (χ2v) is 7.27. The lowest BCUT2D eigenvalue weighted by molar-refractivity contribution is 0.232. The predicted octanol–water partition coefficient (Wildman–Crippen LogP) is 5.93. The maximum atomic E-state index is 11.8. The molecule has 2 N–H and O–H groups in total. The van der Waals surface area contributed by atoms with E-state index >= 15 is 0 Å². The third kappa shape index (κ3) is 12.4. The molecule has 136 valence electrons. The van der Waals surface area contributed by atoms with Crippen molar-refractivity contribution in [3.63, 3.8) is 0 Å². The van der Waals surface area contributed by atoms with E-state index in [0.29, 0.717) is 6.04 Å². The van der Waals surface area contributed by atoms with Crippen LogP contribution >= 0.6 is 0 Å². The zero-order chi connectivity index (χ0) is 16.6. The molecule has 1 rings (SSSR count). The first-order valence-electron chi connectivity index (χ1n) is 10.4. The molecule has 2 amide bonds. The molecule has 23 heavy (non-hydrogen) atoms. The van der Waals surface area contributed by atoms with E-state index in [2.05, 4.69) is 17.6 Å². The minimum atomic E-state index is 0.0454. The van der Waals surface area contributed by atoms with Crippen LogP contribution in [0.2, 0.25) is 0 Å². The average molecular weight is 325 g/mol. The second kappa shape index (κ2) is 14.8. The van der Waals surface area contributed by atoms with Crippen molar-refractivity contribution < 1.29 is 4.79 Å². The van der Waals surface area contributed by atoms with Crippen LogP contribution in [0.1, 0.15) is 110 Å². The molecule has 3 heteroatoms. The predicted molar refractivity (Wildman–Crippen MR) is 99.9 cm³/mol. The molecule has 0 atom stereocenters. The number of hydrogen-bond donors (Lipinski definition) is 2. The number of unbranched alkanes of at least 4 members (excludes halogenated alkanes) is 10. The van der Waals surface area contributed by atoms with Crippen LogP contribution in [0.25, 0.3) is 0 Å². The lowest BCUT2D eigenvalue weighted by Crippen LogP contribution is -2.43. The summed E-state index contributed by atoms with van der Waals surface area (Å²) in [6.07, 6.45) is 21.0. The number of rotatable bonds is 13. The quantitative estimate of drug-likeness (QED) is 0.405. The van der Waals surface area contributed by atoms with E-state index in [1.54, 1.807) is 0 Å². The standard InChI is InChI=1S/C20H40N2O/c1-2-3-4-5-6-7-8-9-10-11-15-18-21-20(23)22-19-16-13-12-14-17-19/h19H,2-18H2,1H3,(H2,21,22,23). The molecule has 3 nitrogen and oxygen atoms in total. The molecule has 0 bridgehead atoms. The van der Waals surface area contributed by atoms with E-state index in [-0.39, 0.29) is 6.03 Å². The van der Waals surface area contributed by atoms with E-state index in [1.165, 1.54) is 83.5 Å². The maximum absolute atomic E-state index is 11.8. The summed E-state index contributed by atoms with van der Waals surface area (Å²) >= 11 is 0. The Kier molecular flexibility index (Phi) is 13.1. The molecule has 1 saturated carbocycles. The highest BCUT2D eigenvalue weighted by Gasteiger charge is 2.14. The van der Waals surface area contributed by atoms with E-state index in [4.69, 9.17) is 0 Å². The number of carbonyl (C=O) groups is 1. The molecule has 0 saturated heterocycles. The van der Waals surface area contributed by atoms with Crippen molar-refractivity contribution in [3.05, 3.63) is 0 Å². The molecule has 0 radical (unpaired) electrons. The molecule has 0 aromatic heterocycles. The Balaban J connectivity index is 1.77. The lowest BCUT2D eigenvalue weighted by atomic mass is 9.96. The molecule has 0 aromatic rings. The first kappa shape index (κ1) is 20.3. The van der Waals surface area contributed by atoms with Crippen molar-refractivity contribution in [1.29, 1.82) is 0 Å². The second-order valence-electron chi connectivity index (χ2n) is 7.27. The van der Waals surface area contributed by atoms with Crippen molar-refractivity contribution in [1.82, 2.24) is 10.6 Å². The fourth-order valence-electron chi connectivity index (χ4n) is 3.47. The van der Waals surface area contributed by atoms with Crippen molar-refractivity contribution in [3.8, 4) is 0 Å². The first-order chi connectivity index (χ1) is 11.3. The van der Waals surface area contributed by atoms with E-state index in [0.717, 1.165) is 25.8 Å². The summed E-state index contributed by atoms with van der Waals surface area (Å²) in [5.41, 5.74) is 0. The summed E-state index contributed by atoms with van der Waals surface area (Å²) in [6.45, 7) is 3.10. The first-order valence-corrected chi connectivity index (χ1v) is 10.4. The molecular formula is C20H40N2O. The van der Waals surface area contributed by atoms with Gasteiger partial charge in [-0.15, -0.1) is 0 Å². The van der Waals surface area contributed by atoms with Gasteiger partial charge >= 0.3 is 6.03 Å². The summed E-state index contributed by atoms with van der Waals surface area (Å²) in [5, 5.41) is 6.12. The Morgan fingerprint density at radius 2 is 1.30 bits per heavy atom. The molecule has 0 spiro atoms. The van der Waals surface area contributed by atoms with Crippen LogP contribution in [-0.2, 0) is 0 Å². The lowest BCUT2D eigenvalue weighted by Gasteiger charge is -2.22. The van der Waals surface area contributed by atoms with E-state index in [1.807, 2.05) is 0 Å². The largest absolute Gasteiger partial charge is 0.338 e. The summed E-state index contributed by atoms with van der Waals surface area (Å²) in [7, 11) is 0. The van der Waals surface area contributed by atoms with Gasteiger partial charge in [0.05, 0.1) is 0 Å². The monoisotopic (exact) mass is 324 g/mol. The molecule has 0 aliphatic heterocycles. The smallest absolute Gasteiger partial charge is 0.315 e. The Morgan fingerprint density at radius 3 is 1.87 bits per heavy atom. The van der Waals surface area contributed by atoms with Crippen molar-refractivity contribution in [2.45, 2.75) is 116 Å². The van der Waals surface area contributed by atoms with Gasteiger partial charge < -0.3 is 10.6 Å². The number of urea groups is 1. The Labute approximate surface area is 144 Å². The van der Waals surface area contributed by atoms with Gasteiger partial charge in [0, 0.05) is 12.6 Å². The summed E-state index contributed by atoms with van der Waals surface area (Å²) in [5.74, 6) is 0. The van der Waals surface area contributed by atoms with Gasteiger partial charge in [0.2, 0.25) is 0 Å². The van der Waals surface area contributed by atoms with Crippen LogP contribution in [-0.4, -0.2) is 18.6 Å².